The van der Waals surface area contributed by atoms with Gasteiger partial charge in [-0.2, -0.15) is 0 Å². The Balaban J connectivity index is 1.88. The molecule has 0 bridgehead atoms. The molecule has 0 saturated carbocycles. The molecule has 1 amide bonds. The van der Waals surface area contributed by atoms with Crippen LogP contribution in [0.25, 0.3) is 0 Å². The van der Waals surface area contributed by atoms with Crippen molar-refractivity contribution < 1.29 is 14.6 Å². The molecule has 1 aromatic heterocycles. The van der Waals surface area contributed by atoms with Gasteiger partial charge in [0.2, 0.25) is 0 Å². The number of pyridine rings is 1. The molecule has 2 rings (SSSR count). The maximum Gasteiger partial charge on any atom is 0.411 e. The predicted molar refractivity (Wildman–Crippen MR) is 70.9 cm³/mol. The Kier molecular flexibility index (Phi) is 3.97. The molecule has 0 unspecified atom stereocenters. The van der Waals surface area contributed by atoms with E-state index in [0.29, 0.717) is 16.9 Å². The van der Waals surface area contributed by atoms with E-state index in [1.54, 1.807) is 25.3 Å². The molecular weight excluding hydrogens is 244 g/mol. The Morgan fingerprint density at radius 2 is 2.11 bits per heavy atom. The Morgan fingerprint density at radius 1 is 1.37 bits per heavy atom. The van der Waals surface area contributed by atoms with E-state index >= 15 is 0 Å². The fraction of sp³-hybridized carbons (Fsp3) is 0.143. The highest BCUT2D eigenvalue weighted by molar-refractivity contribution is 5.84. The average molecular weight is 258 g/mol. The van der Waals surface area contributed by atoms with Gasteiger partial charge in [-0.25, -0.2) is 4.79 Å². The van der Waals surface area contributed by atoms with Crippen molar-refractivity contribution in [2.75, 3.05) is 5.32 Å². The molecule has 0 radical (unpaired) electrons. The summed E-state index contributed by atoms with van der Waals surface area (Å²) in [6.45, 7) is 1.75. The lowest BCUT2D eigenvalue weighted by atomic mass is 10.2. The van der Waals surface area contributed by atoms with Gasteiger partial charge in [0.05, 0.1) is 5.69 Å². The lowest BCUT2D eigenvalue weighted by Gasteiger charge is -2.07. The number of nitrogens with zero attached hydrogens (tertiary/aromatic N) is 1. The van der Waals surface area contributed by atoms with Gasteiger partial charge in [0.1, 0.15) is 12.4 Å². The molecule has 2 aromatic rings. The number of ether oxygens (including phenoxy) is 1. The number of aromatic hydroxyl groups is 1. The van der Waals surface area contributed by atoms with Gasteiger partial charge in [-0.1, -0.05) is 18.2 Å². The van der Waals surface area contributed by atoms with Crippen LogP contribution in [0.2, 0.25) is 0 Å². The lowest BCUT2D eigenvalue weighted by Crippen LogP contribution is -2.13. The summed E-state index contributed by atoms with van der Waals surface area (Å²) in [5.41, 5.74) is 1.83. The molecule has 0 atom stereocenters. The number of anilines is 1. The molecule has 0 aliphatic rings. The molecule has 0 aliphatic carbocycles. The van der Waals surface area contributed by atoms with Crippen LogP contribution in [0.4, 0.5) is 10.5 Å². The zero-order valence-electron chi connectivity index (χ0n) is 10.5. The minimum absolute atomic E-state index is 0.0551. The van der Waals surface area contributed by atoms with Gasteiger partial charge >= 0.3 is 6.09 Å². The smallest absolute Gasteiger partial charge is 0.411 e. The fourth-order valence-electron chi connectivity index (χ4n) is 1.47. The van der Waals surface area contributed by atoms with Crippen molar-refractivity contribution in [3.63, 3.8) is 0 Å². The summed E-state index contributed by atoms with van der Waals surface area (Å²) in [4.78, 5) is 15.5. The highest BCUT2D eigenvalue weighted by Crippen LogP contribution is 2.15. The first kappa shape index (κ1) is 12.9. The minimum atomic E-state index is -0.550. The molecule has 0 spiro atoms. The van der Waals surface area contributed by atoms with E-state index in [4.69, 9.17) is 4.74 Å². The molecule has 0 saturated heterocycles. The lowest BCUT2D eigenvalue weighted by molar-refractivity contribution is 0.155. The Morgan fingerprint density at radius 3 is 2.79 bits per heavy atom. The number of para-hydroxylation sites is 1. The molecule has 1 heterocycles. The normalized spacial score (nSPS) is 9.95. The van der Waals surface area contributed by atoms with Gasteiger partial charge in [-0.15, -0.1) is 0 Å². The summed E-state index contributed by atoms with van der Waals surface area (Å²) in [6, 6.07) is 10.5. The molecule has 1 aromatic carbocycles. The predicted octanol–water partition coefficient (Wildman–Crippen LogP) is 2.84. The van der Waals surface area contributed by atoms with Crippen LogP contribution in [-0.4, -0.2) is 16.2 Å². The third kappa shape index (κ3) is 3.70. The van der Waals surface area contributed by atoms with Crippen molar-refractivity contribution in [2.45, 2.75) is 13.5 Å². The number of hydrogen-bond acceptors (Lipinski definition) is 4. The van der Waals surface area contributed by atoms with Gasteiger partial charge in [0.15, 0.2) is 0 Å². The Hall–Kier alpha value is -2.56. The van der Waals surface area contributed by atoms with Gasteiger partial charge in [-0.05, 0) is 25.1 Å². The fourth-order valence-corrected chi connectivity index (χ4v) is 1.47. The minimum Gasteiger partial charge on any atom is -0.506 e. The van der Waals surface area contributed by atoms with E-state index in [9.17, 15) is 9.90 Å². The van der Waals surface area contributed by atoms with Crippen LogP contribution < -0.4 is 5.32 Å². The van der Waals surface area contributed by atoms with E-state index in [-0.39, 0.29) is 12.4 Å². The molecule has 5 nitrogen and oxygen atoms in total. The Labute approximate surface area is 110 Å². The van der Waals surface area contributed by atoms with Gasteiger partial charge in [-0.3, -0.25) is 10.3 Å². The summed E-state index contributed by atoms with van der Waals surface area (Å²) in [5, 5.41) is 12.1. The first-order chi connectivity index (χ1) is 9.15. The van der Waals surface area contributed by atoms with Crippen LogP contribution in [0, 0.1) is 6.92 Å². The number of hydrogen-bond donors (Lipinski definition) is 2. The van der Waals surface area contributed by atoms with Crippen molar-refractivity contribution in [3.05, 3.63) is 53.9 Å². The number of aryl methyl sites for hydroxylation is 1. The molecule has 2 N–H and O–H groups in total. The van der Waals surface area contributed by atoms with Crippen molar-refractivity contribution >= 4 is 11.8 Å². The van der Waals surface area contributed by atoms with Crippen LogP contribution in [-0.2, 0) is 11.3 Å². The van der Waals surface area contributed by atoms with Crippen molar-refractivity contribution in [3.8, 4) is 5.75 Å². The third-order valence-electron chi connectivity index (χ3n) is 2.51. The second kappa shape index (κ2) is 5.86. The van der Waals surface area contributed by atoms with Crippen LogP contribution in [0.3, 0.4) is 0 Å². The van der Waals surface area contributed by atoms with Crippen molar-refractivity contribution in [1.29, 1.82) is 0 Å². The zero-order valence-corrected chi connectivity index (χ0v) is 10.5. The monoisotopic (exact) mass is 258 g/mol. The second-order valence-corrected chi connectivity index (χ2v) is 4.02. The van der Waals surface area contributed by atoms with Crippen molar-refractivity contribution in [2.24, 2.45) is 0 Å². The molecule has 19 heavy (non-hydrogen) atoms. The SMILES string of the molecule is Cc1ncc(COC(=O)Nc2ccccc2)cc1O. The zero-order chi connectivity index (χ0) is 13.7. The maximum atomic E-state index is 11.5. The van der Waals surface area contributed by atoms with E-state index in [1.807, 2.05) is 18.2 Å². The maximum absolute atomic E-state index is 11.5. The number of amides is 1. The molecule has 0 fully saturated rings. The van der Waals surface area contributed by atoms with Crippen molar-refractivity contribution in [1.82, 2.24) is 4.98 Å². The number of benzene rings is 1. The van der Waals surface area contributed by atoms with Crippen LogP contribution >= 0.6 is 0 Å². The number of nitrogens with one attached hydrogen (secondary N) is 1. The van der Waals surface area contributed by atoms with Crippen LogP contribution in [0.5, 0.6) is 5.75 Å². The van der Waals surface area contributed by atoms with E-state index < -0.39 is 6.09 Å². The summed E-state index contributed by atoms with van der Waals surface area (Å²) in [5.74, 6) is 0.0876. The van der Waals surface area contributed by atoms with E-state index in [1.165, 1.54) is 6.07 Å². The number of rotatable bonds is 3. The summed E-state index contributed by atoms with van der Waals surface area (Å²) >= 11 is 0. The van der Waals surface area contributed by atoms with Gasteiger partial charge < -0.3 is 9.84 Å². The van der Waals surface area contributed by atoms with E-state index in [0.717, 1.165) is 0 Å². The quantitative estimate of drug-likeness (QED) is 0.888. The van der Waals surface area contributed by atoms with Gasteiger partial charge in [0.25, 0.3) is 0 Å². The molecular formula is C14H14N2O3. The summed E-state index contributed by atoms with van der Waals surface area (Å²) in [6.07, 6.45) is 1.01. The topological polar surface area (TPSA) is 71.5 Å². The first-order valence-corrected chi connectivity index (χ1v) is 5.78. The van der Waals surface area contributed by atoms with E-state index in [2.05, 4.69) is 10.3 Å². The molecule has 98 valence electrons. The number of carbonyl (C=O) groups excluding carboxylic acids is 1. The van der Waals surface area contributed by atoms with Gasteiger partial charge in [0, 0.05) is 17.4 Å². The number of carbonyl (C=O) groups is 1. The summed E-state index contributed by atoms with van der Waals surface area (Å²) in [7, 11) is 0. The second-order valence-electron chi connectivity index (χ2n) is 4.02. The molecule has 0 aliphatic heterocycles. The highest BCUT2D eigenvalue weighted by atomic mass is 16.5. The first-order valence-electron chi connectivity index (χ1n) is 5.78. The highest BCUT2D eigenvalue weighted by Gasteiger charge is 2.05. The van der Waals surface area contributed by atoms with Crippen LogP contribution in [0.15, 0.2) is 42.6 Å². The summed E-state index contributed by atoms with van der Waals surface area (Å²) < 4.78 is 5.03. The standard InChI is InChI=1S/C14H14N2O3/c1-10-13(17)7-11(8-15-10)9-19-14(18)16-12-5-3-2-4-6-12/h2-8,17H,9H2,1H3,(H,16,18). The third-order valence-corrected chi connectivity index (χ3v) is 2.51. The largest absolute Gasteiger partial charge is 0.506 e. The Bertz CT molecular complexity index is 570. The number of aromatic nitrogens is 1. The van der Waals surface area contributed by atoms with Crippen LogP contribution in [0.1, 0.15) is 11.3 Å². The average Bonchev–Trinajstić information content (AvgIpc) is 2.41. The molecule has 5 heteroatoms.